The van der Waals surface area contributed by atoms with E-state index in [4.69, 9.17) is 6.64 Å². The summed E-state index contributed by atoms with van der Waals surface area (Å²) in [5.41, 5.74) is 3.97. The maximum absolute atomic E-state index is 13.0. The van der Waals surface area contributed by atoms with Crippen molar-refractivity contribution in [2.45, 2.75) is 39.8 Å². The normalized spacial score (nSPS) is 15.9. The van der Waals surface area contributed by atoms with E-state index in [2.05, 4.69) is 27.7 Å². The van der Waals surface area contributed by atoms with Gasteiger partial charge in [0.25, 0.3) is 0 Å². The molecule has 0 spiro atoms. The Morgan fingerprint density at radius 1 is 0.733 bits per heavy atom. The second-order valence-corrected chi connectivity index (χ2v) is 12.7. The van der Waals surface area contributed by atoms with E-state index in [9.17, 15) is 9.59 Å². The molecule has 0 amide bonds. The zero-order valence-electron chi connectivity index (χ0n) is 18.4. The molecule has 0 atom stereocenters. The number of carbonyl (C=O) groups excluding carboxylic acids is 2. The molecule has 0 heterocycles. The summed E-state index contributed by atoms with van der Waals surface area (Å²) >= 11 is -4.11. The van der Waals surface area contributed by atoms with E-state index in [-0.39, 0.29) is 5.41 Å². The predicted molar refractivity (Wildman–Crippen MR) is 114 cm³/mol. The molecule has 0 fully saturated rings. The van der Waals surface area contributed by atoms with Crippen LogP contribution >= 0.6 is 0 Å². The van der Waals surface area contributed by atoms with E-state index in [1.165, 1.54) is 11.1 Å². The van der Waals surface area contributed by atoms with Crippen LogP contribution in [-0.2, 0) is 24.0 Å². The van der Waals surface area contributed by atoms with E-state index in [0.717, 1.165) is 9.45 Å². The Bertz CT molecular complexity index is 980. The molecule has 0 unspecified atom stereocenters. The van der Waals surface area contributed by atoms with Crippen molar-refractivity contribution >= 4 is 11.9 Å². The summed E-state index contributed by atoms with van der Waals surface area (Å²) in [5, 5.41) is 1.84. The summed E-state index contributed by atoms with van der Waals surface area (Å²) in [4.78, 5) is 26.0. The number of hydrogen-bond acceptors (Lipinski definition) is 4. The van der Waals surface area contributed by atoms with Crippen LogP contribution in [0, 0.1) is 5.41 Å². The van der Waals surface area contributed by atoms with Gasteiger partial charge in [0.1, 0.15) is 0 Å². The fourth-order valence-electron chi connectivity index (χ4n) is 4.24. The van der Waals surface area contributed by atoms with Gasteiger partial charge in [0.05, 0.1) is 0 Å². The Kier molecular flexibility index (Phi) is 6.21. The Hall–Kier alpha value is -2.43. The van der Waals surface area contributed by atoms with Crippen LogP contribution in [-0.4, -0.2) is 11.9 Å². The molecule has 0 N–H and O–H groups in total. The fourth-order valence-corrected chi connectivity index (χ4v) is 9.52. The van der Waals surface area contributed by atoms with Crippen LogP contribution in [0.15, 0.2) is 81.3 Å². The van der Waals surface area contributed by atoms with Gasteiger partial charge in [-0.3, -0.25) is 0 Å². The van der Waals surface area contributed by atoms with E-state index >= 15 is 0 Å². The van der Waals surface area contributed by atoms with Crippen molar-refractivity contribution in [1.82, 2.24) is 0 Å². The Balaban J connectivity index is 2.05. The standard InChI is InChI=1S/C10H15.2C7H6O2.CH3.Ti/c1-7-6-10(4,5)9(3)8(7)2;2*8-7(9)6-4-2-1-3-5-6;;/h1-5H3;2*1-5H,(H,8,9);1H3;/q;;;;+2/p-2. The molecule has 30 heavy (non-hydrogen) atoms. The molecule has 1 aliphatic rings. The van der Waals surface area contributed by atoms with Crippen LogP contribution < -0.4 is 0 Å². The van der Waals surface area contributed by atoms with Gasteiger partial charge in [0, 0.05) is 0 Å². The van der Waals surface area contributed by atoms with E-state index < -0.39 is 29.3 Å². The summed E-state index contributed by atoms with van der Waals surface area (Å²) in [7, 11) is 0. The van der Waals surface area contributed by atoms with Crippen molar-refractivity contribution < 1.29 is 33.6 Å². The zero-order valence-corrected chi connectivity index (χ0v) is 20.0. The molecule has 0 saturated heterocycles. The monoisotopic (exact) mass is 440 g/mol. The molecule has 1 aliphatic carbocycles. The molecule has 2 aromatic rings. The average Bonchev–Trinajstić information content (AvgIpc) is 2.88. The molecular weight excluding hydrogens is 412 g/mol. The van der Waals surface area contributed by atoms with Crippen LogP contribution in [0.1, 0.15) is 55.3 Å². The Morgan fingerprint density at radius 2 is 1.13 bits per heavy atom. The first-order chi connectivity index (χ1) is 14.1. The number of hydrogen-bond donors (Lipinski definition) is 0. The van der Waals surface area contributed by atoms with E-state index in [1.54, 1.807) is 48.5 Å². The third-order valence-electron chi connectivity index (χ3n) is 6.11. The van der Waals surface area contributed by atoms with Gasteiger partial charge in [-0.15, -0.1) is 0 Å². The minimum absolute atomic E-state index is 0.350. The van der Waals surface area contributed by atoms with E-state index in [0.29, 0.717) is 11.1 Å². The predicted octanol–water partition coefficient (Wildman–Crippen LogP) is 6.38. The second-order valence-electron chi connectivity index (χ2n) is 8.33. The molecule has 0 saturated carbocycles. The summed E-state index contributed by atoms with van der Waals surface area (Å²) in [6.45, 7) is 10.4. The zero-order chi connectivity index (χ0) is 22.1. The van der Waals surface area contributed by atoms with Crippen LogP contribution in [0.5, 0.6) is 0 Å². The summed E-state index contributed by atoms with van der Waals surface area (Å²) in [5.74, 6) is -0.922. The van der Waals surface area contributed by atoms with Gasteiger partial charge >= 0.3 is 183 Å². The number of carbonyl (C=O) groups is 2. The van der Waals surface area contributed by atoms with Crippen LogP contribution in [0.3, 0.4) is 0 Å². The topological polar surface area (TPSA) is 52.6 Å². The Morgan fingerprint density at radius 3 is 1.47 bits per heavy atom. The average molecular weight is 440 g/mol. The molecule has 4 nitrogen and oxygen atoms in total. The number of benzene rings is 2. The van der Waals surface area contributed by atoms with Gasteiger partial charge in [0.2, 0.25) is 0 Å². The maximum atomic E-state index is 13.0. The molecule has 0 bridgehead atoms. The quantitative estimate of drug-likeness (QED) is 0.506. The number of allylic oxidation sites excluding steroid dienone is 4. The third kappa shape index (κ3) is 4.07. The van der Waals surface area contributed by atoms with Gasteiger partial charge < -0.3 is 0 Å². The van der Waals surface area contributed by atoms with Crippen LogP contribution in [0.4, 0.5) is 0 Å². The summed E-state index contributed by atoms with van der Waals surface area (Å²) in [6, 6.07) is 17.7. The molecule has 3 rings (SSSR count). The molecule has 5 heteroatoms. The van der Waals surface area contributed by atoms with Crippen molar-refractivity contribution in [1.29, 1.82) is 0 Å². The first-order valence-corrected chi connectivity index (χ1v) is 13.7. The molecular formula is C25H28O4Ti. The second kappa shape index (κ2) is 8.37. The first-order valence-electron chi connectivity index (χ1n) is 10.0. The SMILES string of the molecule is CC1=C(C)C(C)(C)[C]([Ti]([CH3])([O]C(=O)c2ccccc2)[O]C(=O)c2ccccc2)=C1C. The summed E-state index contributed by atoms with van der Waals surface area (Å²) < 4.78 is 13.2. The van der Waals surface area contributed by atoms with Crippen molar-refractivity contribution in [3.8, 4) is 0 Å². The molecule has 0 aromatic heterocycles. The van der Waals surface area contributed by atoms with Gasteiger partial charge in [-0.1, -0.05) is 0 Å². The van der Waals surface area contributed by atoms with Gasteiger partial charge in [0.15, 0.2) is 0 Å². The van der Waals surface area contributed by atoms with Gasteiger partial charge in [-0.25, -0.2) is 0 Å². The molecule has 0 radical (unpaired) electrons. The van der Waals surface area contributed by atoms with Gasteiger partial charge in [-0.05, 0) is 0 Å². The molecule has 156 valence electrons. The van der Waals surface area contributed by atoms with E-state index in [1.807, 2.05) is 24.3 Å². The fraction of sp³-hybridized carbons (Fsp3) is 0.280. The Labute approximate surface area is 182 Å². The molecule has 2 aromatic carbocycles. The van der Waals surface area contributed by atoms with Crippen LogP contribution in [0.2, 0.25) is 5.23 Å². The van der Waals surface area contributed by atoms with Crippen molar-refractivity contribution in [3.63, 3.8) is 0 Å². The third-order valence-corrected chi connectivity index (χ3v) is 10.9. The van der Waals surface area contributed by atoms with Crippen molar-refractivity contribution in [2.24, 2.45) is 5.41 Å². The number of rotatable bonds is 5. The first kappa shape index (κ1) is 22.3. The van der Waals surface area contributed by atoms with Crippen molar-refractivity contribution in [2.75, 3.05) is 0 Å². The van der Waals surface area contributed by atoms with Crippen molar-refractivity contribution in [3.05, 3.63) is 92.4 Å². The molecule has 0 aliphatic heterocycles. The summed E-state index contributed by atoms with van der Waals surface area (Å²) in [6.07, 6.45) is 0. The minimum atomic E-state index is -4.11. The van der Waals surface area contributed by atoms with Gasteiger partial charge in [-0.2, -0.15) is 0 Å². The van der Waals surface area contributed by atoms with Crippen LogP contribution in [0.25, 0.3) is 0 Å².